The molecule has 2 N–H and O–H groups in total. The lowest BCUT2D eigenvalue weighted by molar-refractivity contribution is 0.0392. The summed E-state index contributed by atoms with van der Waals surface area (Å²) in [4.78, 5) is 22.4. The van der Waals surface area contributed by atoms with Crippen LogP contribution in [0.1, 0.15) is 27.6 Å². The molecule has 0 aliphatic heterocycles. The third kappa shape index (κ3) is 5.77. The SMILES string of the molecule is COC(=O)NCC(OCc1cccc(C(=O)O)c1)c1cccc(Cl)c1. The molecule has 132 valence electrons. The molecular weight excluding hydrogens is 346 g/mol. The Morgan fingerprint density at radius 1 is 1.20 bits per heavy atom. The van der Waals surface area contributed by atoms with Gasteiger partial charge in [-0.25, -0.2) is 9.59 Å². The van der Waals surface area contributed by atoms with E-state index >= 15 is 0 Å². The third-order valence-corrected chi connectivity index (χ3v) is 3.70. The molecule has 1 amide bonds. The molecule has 0 saturated heterocycles. The Kier molecular flexibility index (Phi) is 6.80. The highest BCUT2D eigenvalue weighted by molar-refractivity contribution is 6.30. The minimum Gasteiger partial charge on any atom is -0.478 e. The molecular formula is C18H18ClNO5. The van der Waals surface area contributed by atoms with Crippen LogP contribution in [0, 0.1) is 0 Å². The zero-order chi connectivity index (χ0) is 18.2. The van der Waals surface area contributed by atoms with Gasteiger partial charge in [0.1, 0.15) is 6.10 Å². The molecule has 0 aliphatic rings. The van der Waals surface area contributed by atoms with E-state index in [-0.39, 0.29) is 18.7 Å². The lowest BCUT2D eigenvalue weighted by atomic mass is 10.1. The van der Waals surface area contributed by atoms with Gasteiger partial charge in [-0.3, -0.25) is 0 Å². The third-order valence-electron chi connectivity index (χ3n) is 3.46. The Hall–Kier alpha value is -2.57. The van der Waals surface area contributed by atoms with E-state index in [1.807, 2.05) is 6.07 Å². The van der Waals surface area contributed by atoms with Gasteiger partial charge >= 0.3 is 12.1 Å². The first-order chi connectivity index (χ1) is 12.0. The number of aromatic carboxylic acids is 1. The van der Waals surface area contributed by atoms with Crippen LogP contribution < -0.4 is 5.32 Å². The van der Waals surface area contributed by atoms with Crippen LogP contribution in [0.3, 0.4) is 0 Å². The van der Waals surface area contributed by atoms with E-state index in [0.29, 0.717) is 10.6 Å². The molecule has 7 heteroatoms. The van der Waals surface area contributed by atoms with Crippen molar-refractivity contribution in [2.75, 3.05) is 13.7 Å². The van der Waals surface area contributed by atoms with Gasteiger partial charge < -0.3 is 19.9 Å². The van der Waals surface area contributed by atoms with Crippen LogP contribution in [-0.4, -0.2) is 30.8 Å². The van der Waals surface area contributed by atoms with Crippen LogP contribution in [0.2, 0.25) is 5.02 Å². The van der Waals surface area contributed by atoms with Gasteiger partial charge in [-0.05, 0) is 35.4 Å². The number of halogens is 1. The predicted molar refractivity (Wildman–Crippen MR) is 92.8 cm³/mol. The predicted octanol–water partition coefficient (Wildman–Crippen LogP) is 3.65. The summed E-state index contributed by atoms with van der Waals surface area (Å²) in [5.41, 5.74) is 1.69. The van der Waals surface area contributed by atoms with E-state index < -0.39 is 18.2 Å². The van der Waals surface area contributed by atoms with Gasteiger partial charge in [-0.15, -0.1) is 0 Å². The summed E-state index contributed by atoms with van der Waals surface area (Å²) in [6.07, 6.45) is -1.03. The number of carboxylic acids is 1. The van der Waals surface area contributed by atoms with Gasteiger partial charge in [-0.1, -0.05) is 35.9 Å². The molecule has 0 bridgehead atoms. The van der Waals surface area contributed by atoms with Crippen molar-refractivity contribution in [3.05, 3.63) is 70.2 Å². The maximum atomic E-state index is 11.3. The highest BCUT2D eigenvalue weighted by Crippen LogP contribution is 2.22. The average Bonchev–Trinajstić information content (AvgIpc) is 2.61. The van der Waals surface area contributed by atoms with Gasteiger partial charge in [0, 0.05) is 5.02 Å². The van der Waals surface area contributed by atoms with Crippen LogP contribution in [0.25, 0.3) is 0 Å². The van der Waals surface area contributed by atoms with E-state index in [1.165, 1.54) is 13.2 Å². The first-order valence-corrected chi connectivity index (χ1v) is 7.88. The van der Waals surface area contributed by atoms with Crippen molar-refractivity contribution in [2.45, 2.75) is 12.7 Å². The molecule has 0 heterocycles. The van der Waals surface area contributed by atoms with Gasteiger partial charge in [0.2, 0.25) is 0 Å². The van der Waals surface area contributed by atoms with Crippen molar-refractivity contribution in [3.8, 4) is 0 Å². The van der Waals surface area contributed by atoms with Crippen LogP contribution >= 0.6 is 11.6 Å². The molecule has 1 unspecified atom stereocenters. The normalized spacial score (nSPS) is 11.6. The fourth-order valence-corrected chi connectivity index (χ4v) is 2.42. The Labute approximate surface area is 150 Å². The average molecular weight is 364 g/mol. The molecule has 0 radical (unpaired) electrons. The number of hydrogen-bond acceptors (Lipinski definition) is 4. The van der Waals surface area contributed by atoms with Crippen molar-refractivity contribution in [1.29, 1.82) is 0 Å². The number of alkyl carbamates (subject to hydrolysis) is 1. The van der Waals surface area contributed by atoms with Crippen molar-refractivity contribution in [3.63, 3.8) is 0 Å². The van der Waals surface area contributed by atoms with Crippen LogP contribution in [0.5, 0.6) is 0 Å². The number of methoxy groups -OCH3 is 1. The highest BCUT2D eigenvalue weighted by Gasteiger charge is 2.15. The summed E-state index contributed by atoms with van der Waals surface area (Å²) in [5.74, 6) is -0.999. The minimum atomic E-state index is -0.999. The van der Waals surface area contributed by atoms with E-state index in [1.54, 1.807) is 36.4 Å². The Bertz CT molecular complexity index is 750. The summed E-state index contributed by atoms with van der Waals surface area (Å²) < 4.78 is 10.4. The molecule has 2 rings (SSSR count). The van der Waals surface area contributed by atoms with E-state index in [4.69, 9.17) is 21.4 Å². The lowest BCUT2D eigenvalue weighted by Crippen LogP contribution is -2.29. The first kappa shape index (κ1) is 18.8. The topological polar surface area (TPSA) is 84.9 Å². The van der Waals surface area contributed by atoms with Crippen LogP contribution in [-0.2, 0) is 16.1 Å². The molecule has 0 aromatic heterocycles. The molecule has 2 aromatic rings. The summed E-state index contributed by atoms with van der Waals surface area (Å²) in [7, 11) is 1.28. The van der Waals surface area contributed by atoms with Crippen molar-refractivity contribution >= 4 is 23.7 Å². The maximum absolute atomic E-state index is 11.3. The van der Waals surface area contributed by atoms with E-state index in [9.17, 15) is 9.59 Å². The summed E-state index contributed by atoms with van der Waals surface area (Å²) in [6.45, 7) is 0.368. The monoisotopic (exact) mass is 363 g/mol. The molecule has 6 nitrogen and oxygen atoms in total. The molecule has 0 saturated carbocycles. The summed E-state index contributed by atoms with van der Waals surface area (Å²) in [6, 6.07) is 13.6. The quantitative estimate of drug-likeness (QED) is 0.784. The number of carbonyl (C=O) groups excluding carboxylic acids is 1. The van der Waals surface area contributed by atoms with E-state index in [0.717, 1.165) is 5.56 Å². The van der Waals surface area contributed by atoms with Gasteiger partial charge in [0.25, 0.3) is 0 Å². The van der Waals surface area contributed by atoms with Crippen molar-refractivity contribution < 1.29 is 24.2 Å². The number of carbonyl (C=O) groups is 2. The van der Waals surface area contributed by atoms with Crippen molar-refractivity contribution in [1.82, 2.24) is 5.32 Å². The Morgan fingerprint density at radius 2 is 1.96 bits per heavy atom. The Morgan fingerprint density at radius 3 is 2.64 bits per heavy atom. The molecule has 0 aliphatic carbocycles. The second-order valence-electron chi connectivity index (χ2n) is 5.23. The molecule has 2 aromatic carbocycles. The first-order valence-electron chi connectivity index (χ1n) is 7.50. The molecule has 25 heavy (non-hydrogen) atoms. The van der Waals surface area contributed by atoms with Crippen LogP contribution in [0.4, 0.5) is 4.79 Å². The minimum absolute atomic E-state index is 0.182. The van der Waals surface area contributed by atoms with Gasteiger partial charge in [0.05, 0.1) is 25.8 Å². The summed E-state index contributed by atoms with van der Waals surface area (Å²) >= 11 is 6.02. The summed E-state index contributed by atoms with van der Waals surface area (Å²) in [5, 5.41) is 12.2. The molecule has 0 fully saturated rings. The zero-order valence-electron chi connectivity index (χ0n) is 13.6. The fourth-order valence-electron chi connectivity index (χ4n) is 2.22. The fraction of sp³-hybridized carbons (Fsp3) is 0.222. The molecule has 0 spiro atoms. The second kappa shape index (κ2) is 9.05. The van der Waals surface area contributed by atoms with Crippen molar-refractivity contribution in [2.24, 2.45) is 0 Å². The standard InChI is InChI=1S/C18H18ClNO5/c1-24-18(23)20-10-16(13-5-3-7-15(19)9-13)25-11-12-4-2-6-14(8-12)17(21)22/h2-9,16H,10-11H2,1H3,(H,20,23)(H,21,22). The number of carboxylic acid groups (broad SMARTS) is 1. The maximum Gasteiger partial charge on any atom is 0.406 e. The lowest BCUT2D eigenvalue weighted by Gasteiger charge is -2.19. The number of benzene rings is 2. The number of ether oxygens (including phenoxy) is 2. The Balaban J connectivity index is 2.11. The number of nitrogens with one attached hydrogen (secondary N) is 1. The van der Waals surface area contributed by atoms with Gasteiger partial charge in [-0.2, -0.15) is 0 Å². The highest BCUT2D eigenvalue weighted by atomic mass is 35.5. The van der Waals surface area contributed by atoms with E-state index in [2.05, 4.69) is 10.1 Å². The largest absolute Gasteiger partial charge is 0.478 e. The zero-order valence-corrected chi connectivity index (χ0v) is 14.3. The number of rotatable bonds is 7. The van der Waals surface area contributed by atoms with Crippen LogP contribution in [0.15, 0.2) is 48.5 Å². The smallest absolute Gasteiger partial charge is 0.406 e. The second-order valence-corrected chi connectivity index (χ2v) is 5.67. The number of hydrogen-bond donors (Lipinski definition) is 2. The number of amides is 1. The van der Waals surface area contributed by atoms with Gasteiger partial charge in [0.15, 0.2) is 0 Å². The molecule has 1 atom stereocenters.